The Morgan fingerprint density at radius 2 is 2.11 bits per heavy atom. The van der Waals surface area contributed by atoms with Crippen molar-refractivity contribution in [1.29, 1.82) is 0 Å². The molecule has 1 N–H and O–H groups in total. The normalized spacial score (nSPS) is 12.0. The molecule has 0 bridgehead atoms. The number of nitrogens with one attached hydrogen (secondary N) is 1. The number of nitrogens with zero attached hydrogens (tertiary/aromatic N) is 6. The molecule has 98 valence electrons. The standard InChI is InChI=1S/C11H19N7/c1-11(2,3)13-5-9-6-18(16-15-9)7-10-12-8-14-17(10)4/h6,8,13H,5,7H2,1-4H3. The van der Waals surface area contributed by atoms with Crippen molar-refractivity contribution in [2.75, 3.05) is 0 Å². The first-order valence-corrected chi connectivity index (χ1v) is 5.91. The predicted molar refractivity (Wildman–Crippen MR) is 66.7 cm³/mol. The van der Waals surface area contributed by atoms with Gasteiger partial charge in [0.1, 0.15) is 18.7 Å². The van der Waals surface area contributed by atoms with Crippen LogP contribution in [0.1, 0.15) is 32.3 Å². The molecule has 0 aromatic carbocycles. The molecule has 0 aliphatic heterocycles. The molecule has 0 spiro atoms. The monoisotopic (exact) mass is 249 g/mol. The zero-order chi connectivity index (χ0) is 13.2. The lowest BCUT2D eigenvalue weighted by molar-refractivity contribution is 0.421. The smallest absolute Gasteiger partial charge is 0.148 e. The zero-order valence-corrected chi connectivity index (χ0v) is 11.3. The Labute approximate surface area is 106 Å². The first-order valence-electron chi connectivity index (χ1n) is 5.91. The lowest BCUT2D eigenvalue weighted by Gasteiger charge is -2.19. The summed E-state index contributed by atoms with van der Waals surface area (Å²) in [5, 5.41) is 15.6. The second-order valence-electron chi connectivity index (χ2n) is 5.31. The van der Waals surface area contributed by atoms with Crippen LogP contribution in [0.3, 0.4) is 0 Å². The lowest BCUT2D eigenvalue weighted by atomic mass is 10.1. The maximum absolute atomic E-state index is 4.15. The second kappa shape index (κ2) is 4.85. The van der Waals surface area contributed by atoms with Crippen LogP contribution >= 0.6 is 0 Å². The third-order valence-corrected chi connectivity index (χ3v) is 2.49. The number of hydrogen-bond acceptors (Lipinski definition) is 5. The molecule has 0 saturated heterocycles. The van der Waals surface area contributed by atoms with Gasteiger partial charge < -0.3 is 5.32 Å². The number of aromatic nitrogens is 6. The minimum atomic E-state index is 0.0768. The van der Waals surface area contributed by atoms with Crippen molar-refractivity contribution in [3.63, 3.8) is 0 Å². The average molecular weight is 249 g/mol. The summed E-state index contributed by atoms with van der Waals surface area (Å²) in [6.07, 6.45) is 3.46. The first-order chi connectivity index (χ1) is 8.44. The van der Waals surface area contributed by atoms with E-state index in [2.05, 4.69) is 46.5 Å². The molecule has 0 aliphatic carbocycles. The van der Waals surface area contributed by atoms with Crippen LogP contribution in [0.25, 0.3) is 0 Å². The molecular weight excluding hydrogens is 230 g/mol. The first kappa shape index (κ1) is 12.7. The molecular formula is C11H19N7. The van der Waals surface area contributed by atoms with Gasteiger partial charge >= 0.3 is 0 Å². The molecule has 2 aromatic rings. The van der Waals surface area contributed by atoms with E-state index in [0.717, 1.165) is 11.5 Å². The van der Waals surface area contributed by atoms with Crippen LogP contribution in [-0.2, 0) is 20.1 Å². The Morgan fingerprint density at radius 1 is 1.33 bits per heavy atom. The summed E-state index contributed by atoms with van der Waals surface area (Å²) >= 11 is 0. The van der Waals surface area contributed by atoms with Gasteiger partial charge in [0.2, 0.25) is 0 Å². The molecule has 2 aromatic heterocycles. The van der Waals surface area contributed by atoms with Crippen LogP contribution in [0.4, 0.5) is 0 Å². The highest BCUT2D eigenvalue weighted by Crippen LogP contribution is 2.02. The minimum Gasteiger partial charge on any atom is -0.306 e. The third kappa shape index (κ3) is 3.36. The van der Waals surface area contributed by atoms with E-state index in [-0.39, 0.29) is 5.54 Å². The van der Waals surface area contributed by atoms with Crippen LogP contribution in [0.5, 0.6) is 0 Å². The van der Waals surface area contributed by atoms with Gasteiger partial charge in [-0.3, -0.25) is 4.68 Å². The molecule has 0 unspecified atom stereocenters. The highest BCUT2D eigenvalue weighted by atomic mass is 15.4. The summed E-state index contributed by atoms with van der Waals surface area (Å²) in [4.78, 5) is 4.15. The van der Waals surface area contributed by atoms with Gasteiger partial charge in [0.05, 0.1) is 11.9 Å². The van der Waals surface area contributed by atoms with Crippen molar-refractivity contribution in [3.8, 4) is 0 Å². The number of hydrogen-bond donors (Lipinski definition) is 1. The van der Waals surface area contributed by atoms with Gasteiger partial charge in [-0.25, -0.2) is 9.67 Å². The molecule has 2 rings (SSSR count). The van der Waals surface area contributed by atoms with E-state index in [1.165, 1.54) is 6.33 Å². The molecule has 0 aliphatic rings. The zero-order valence-electron chi connectivity index (χ0n) is 11.3. The van der Waals surface area contributed by atoms with Gasteiger partial charge in [-0.2, -0.15) is 5.10 Å². The van der Waals surface area contributed by atoms with Gasteiger partial charge in [-0.15, -0.1) is 5.10 Å². The predicted octanol–water partition coefficient (Wildman–Crippen LogP) is 0.343. The van der Waals surface area contributed by atoms with Crippen molar-refractivity contribution in [3.05, 3.63) is 24.0 Å². The third-order valence-electron chi connectivity index (χ3n) is 2.49. The molecule has 0 saturated carbocycles. The average Bonchev–Trinajstić information content (AvgIpc) is 2.86. The second-order valence-corrected chi connectivity index (χ2v) is 5.31. The van der Waals surface area contributed by atoms with Gasteiger partial charge in [-0.05, 0) is 20.8 Å². The molecule has 7 heteroatoms. The summed E-state index contributed by atoms with van der Waals surface area (Å²) in [5.41, 5.74) is 1.000. The van der Waals surface area contributed by atoms with Crippen LogP contribution in [0.2, 0.25) is 0 Å². The van der Waals surface area contributed by atoms with Gasteiger partial charge in [0.25, 0.3) is 0 Å². The number of aryl methyl sites for hydroxylation is 1. The fourth-order valence-corrected chi connectivity index (χ4v) is 1.46. The summed E-state index contributed by atoms with van der Waals surface area (Å²) in [5.74, 6) is 0.857. The molecule has 18 heavy (non-hydrogen) atoms. The summed E-state index contributed by atoms with van der Waals surface area (Å²) in [6.45, 7) is 7.66. The Kier molecular flexibility index (Phi) is 3.42. The Bertz CT molecular complexity index is 505. The molecule has 7 nitrogen and oxygen atoms in total. The highest BCUT2D eigenvalue weighted by molar-refractivity contribution is 4.95. The summed E-state index contributed by atoms with van der Waals surface area (Å²) in [6, 6.07) is 0. The fraction of sp³-hybridized carbons (Fsp3) is 0.636. The van der Waals surface area contributed by atoms with Crippen molar-refractivity contribution in [2.45, 2.75) is 39.4 Å². The summed E-state index contributed by atoms with van der Waals surface area (Å²) < 4.78 is 3.50. The Hall–Kier alpha value is -1.76. The topological polar surface area (TPSA) is 73.5 Å². The molecule has 0 atom stereocenters. The van der Waals surface area contributed by atoms with Crippen LogP contribution in [-0.4, -0.2) is 35.3 Å². The van der Waals surface area contributed by atoms with Crippen LogP contribution < -0.4 is 5.32 Å². The van der Waals surface area contributed by atoms with Crippen molar-refractivity contribution in [1.82, 2.24) is 35.1 Å². The van der Waals surface area contributed by atoms with Crippen molar-refractivity contribution < 1.29 is 0 Å². The van der Waals surface area contributed by atoms with E-state index in [4.69, 9.17) is 0 Å². The van der Waals surface area contributed by atoms with E-state index in [0.29, 0.717) is 13.1 Å². The van der Waals surface area contributed by atoms with Gasteiger partial charge in [0, 0.05) is 19.1 Å². The van der Waals surface area contributed by atoms with E-state index >= 15 is 0 Å². The van der Waals surface area contributed by atoms with E-state index in [9.17, 15) is 0 Å². The van der Waals surface area contributed by atoms with E-state index in [1.807, 2.05) is 13.2 Å². The van der Waals surface area contributed by atoms with E-state index in [1.54, 1.807) is 9.36 Å². The van der Waals surface area contributed by atoms with E-state index < -0.39 is 0 Å². The van der Waals surface area contributed by atoms with Crippen molar-refractivity contribution >= 4 is 0 Å². The Morgan fingerprint density at radius 3 is 2.72 bits per heavy atom. The van der Waals surface area contributed by atoms with Gasteiger partial charge in [0.15, 0.2) is 0 Å². The Balaban J connectivity index is 1.96. The quantitative estimate of drug-likeness (QED) is 0.846. The van der Waals surface area contributed by atoms with Crippen LogP contribution in [0, 0.1) is 0 Å². The largest absolute Gasteiger partial charge is 0.306 e. The number of rotatable bonds is 4. The maximum atomic E-state index is 4.15. The molecule has 0 amide bonds. The summed E-state index contributed by atoms with van der Waals surface area (Å²) in [7, 11) is 1.86. The fourth-order valence-electron chi connectivity index (χ4n) is 1.46. The van der Waals surface area contributed by atoms with Crippen LogP contribution in [0.15, 0.2) is 12.5 Å². The van der Waals surface area contributed by atoms with Crippen molar-refractivity contribution in [2.24, 2.45) is 7.05 Å². The molecule has 0 fully saturated rings. The molecule has 0 radical (unpaired) electrons. The SMILES string of the molecule is Cn1ncnc1Cn1cc(CNC(C)(C)C)nn1. The minimum absolute atomic E-state index is 0.0768. The lowest BCUT2D eigenvalue weighted by Crippen LogP contribution is -2.35. The highest BCUT2D eigenvalue weighted by Gasteiger charge is 2.10. The van der Waals surface area contributed by atoms with Gasteiger partial charge in [-0.1, -0.05) is 5.21 Å². The molecule has 2 heterocycles. The maximum Gasteiger partial charge on any atom is 0.148 e.